The van der Waals surface area contributed by atoms with Crippen molar-refractivity contribution in [3.63, 3.8) is 0 Å². The van der Waals surface area contributed by atoms with Gasteiger partial charge in [0, 0.05) is 44.7 Å². The zero-order valence-corrected chi connectivity index (χ0v) is 16.7. The van der Waals surface area contributed by atoms with E-state index >= 15 is 0 Å². The SMILES string of the molecule is C=CCn1cc(CN2CCC3(CC2)C[C@](C)(O)[C@@H](NC(C)=O)CO3)c(C)n1. The van der Waals surface area contributed by atoms with Gasteiger partial charge >= 0.3 is 0 Å². The normalized spacial score (nSPS) is 28.2. The number of hydrogen-bond acceptors (Lipinski definition) is 5. The van der Waals surface area contributed by atoms with E-state index in [4.69, 9.17) is 4.74 Å². The van der Waals surface area contributed by atoms with Crippen molar-refractivity contribution < 1.29 is 14.6 Å². The summed E-state index contributed by atoms with van der Waals surface area (Å²) in [6.07, 6.45) is 6.27. The highest BCUT2D eigenvalue weighted by molar-refractivity contribution is 5.73. The molecule has 1 aromatic heterocycles. The number of carbonyl (C=O) groups is 1. The Morgan fingerprint density at radius 1 is 1.52 bits per heavy atom. The molecule has 0 aromatic carbocycles. The van der Waals surface area contributed by atoms with Crippen LogP contribution in [0.4, 0.5) is 0 Å². The number of nitrogens with one attached hydrogen (secondary N) is 1. The van der Waals surface area contributed by atoms with Gasteiger partial charge < -0.3 is 15.2 Å². The van der Waals surface area contributed by atoms with E-state index in [0.717, 1.165) is 44.7 Å². The number of amides is 1. The third-order valence-electron chi connectivity index (χ3n) is 5.89. The van der Waals surface area contributed by atoms with Crippen LogP contribution in [-0.4, -0.2) is 62.6 Å². The van der Waals surface area contributed by atoms with Gasteiger partial charge in [-0.3, -0.25) is 14.4 Å². The largest absolute Gasteiger partial charge is 0.388 e. The first-order chi connectivity index (χ1) is 12.7. The average Bonchev–Trinajstić information content (AvgIpc) is 2.92. The summed E-state index contributed by atoms with van der Waals surface area (Å²) in [4.78, 5) is 13.8. The number of piperidine rings is 1. The average molecular weight is 377 g/mol. The van der Waals surface area contributed by atoms with Crippen LogP contribution in [0.3, 0.4) is 0 Å². The van der Waals surface area contributed by atoms with Crippen molar-refractivity contribution in [1.82, 2.24) is 20.0 Å². The smallest absolute Gasteiger partial charge is 0.217 e. The molecule has 0 radical (unpaired) electrons. The third-order valence-corrected chi connectivity index (χ3v) is 5.89. The minimum absolute atomic E-state index is 0.137. The first-order valence-corrected chi connectivity index (χ1v) is 9.73. The van der Waals surface area contributed by atoms with E-state index in [2.05, 4.69) is 28.1 Å². The van der Waals surface area contributed by atoms with E-state index in [9.17, 15) is 9.90 Å². The number of nitrogens with zero attached hydrogens (tertiary/aromatic N) is 3. The highest BCUT2D eigenvalue weighted by atomic mass is 16.5. The van der Waals surface area contributed by atoms with Crippen molar-refractivity contribution in [1.29, 1.82) is 0 Å². The van der Waals surface area contributed by atoms with Gasteiger partial charge in [-0.1, -0.05) is 6.08 Å². The van der Waals surface area contributed by atoms with Crippen LogP contribution < -0.4 is 5.32 Å². The maximum absolute atomic E-state index is 11.4. The van der Waals surface area contributed by atoms with Crippen LogP contribution in [-0.2, 0) is 22.6 Å². The van der Waals surface area contributed by atoms with Gasteiger partial charge in [-0.05, 0) is 26.7 Å². The van der Waals surface area contributed by atoms with Crippen LogP contribution in [0, 0.1) is 6.92 Å². The highest BCUT2D eigenvalue weighted by Crippen LogP contribution is 2.39. The number of aliphatic hydroxyl groups is 1. The van der Waals surface area contributed by atoms with Gasteiger partial charge in [0.05, 0.1) is 36.1 Å². The van der Waals surface area contributed by atoms with Crippen LogP contribution in [0.5, 0.6) is 0 Å². The second kappa shape index (κ2) is 7.73. The molecule has 7 nitrogen and oxygen atoms in total. The molecule has 2 aliphatic heterocycles. The van der Waals surface area contributed by atoms with Crippen molar-refractivity contribution >= 4 is 5.91 Å². The van der Waals surface area contributed by atoms with E-state index < -0.39 is 5.60 Å². The van der Waals surface area contributed by atoms with Crippen molar-refractivity contribution in [3.05, 3.63) is 30.1 Å². The molecular formula is C20H32N4O3. The van der Waals surface area contributed by atoms with Gasteiger partial charge in [-0.15, -0.1) is 6.58 Å². The molecule has 0 saturated carbocycles. The topological polar surface area (TPSA) is 79.6 Å². The molecule has 27 heavy (non-hydrogen) atoms. The Morgan fingerprint density at radius 2 is 2.22 bits per heavy atom. The molecule has 1 aromatic rings. The fourth-order valence-corrected chi connectivity index (χ4v) is 4.33. The van der Waals surface area contributed by atoms with E-state index in [1.807, 2.05) is 24.6 Å². The van der Waals surface area contributed by atoms with Gasteiger partial charge in [0.15, 0.2) is 0 Å². The molecule has 2 N–H and O–H groups in total. The predicted molar refractivity (Wildman–Crippen MR) is 103 cm³/mol. The summed E-state index contributed by atoms with van der Waals surface area (Å²) < 4.78 is 8.11. The summed E-state index contributed by atoms with van der Waals surface area (Å²) >= 11 is 0. The summed E-state index contributed by atoms with van der Waals surface area (Å²) in [5.74, 6) is -0.137. The molecule has 1 amide bonds. The number of allylic oxidation sites excluding steroid dienone is 1. The summed E-state index contributed by atoms with van der Waals surface area (Å²) in [5.41, 5.74) is 1.06. The summed E-state index contributed by atoms with van der Waals surface area (Å²) in [7, 11) is 0. The Hall–Kier alpha value is -1.70. The minimum Gasteiger partial charge on any atom is -0.388 e. The van der Waals surface area contributed by atoms with Gasteiger partial charge in [-0.2, -0.15) is 5.10 Å². The first kappa shape index (κ1) is 20.0. The number of aryl methyl sites for hydroxylation is 1. The lowest BCUT2D eigenvalue weighted by molar-refractivity contribution is -0.189. The molecule has 150 valence electrons. The monoisotopic (exact) mass is 376 g/mol. The van der Waals surface area contributed by atoms with Gasteiger partial charge in [0.25, 0.3) is 0 Å². The van der Waals surface area contributed by atoms with Crippen molar-refractivity contribution in [2.45, 2.75) is 70.4 Å². The molecule has 0 bridgehead atoms. The maximum Gasteiger partial charge on any atom is 0.217 e. The fraction of sp³-hybridized carbons (Fsp3) is 0.700. The molecule has 1 spiro atoms. The Morgan fingerprint density at radius 3 is 2.81 bits per heavy atom. The summed E-state index contributed by atoms with van der Waals surface area (Å²) in [6.45, 7) is 12.9. The molecule has 2 saturated heterocycles. The second-order valence-electron chi connectivity index (χ2n) is 8.31. The highest BCUT2D eigenvalue weighted by Gasteiger charge is 2.49. The van der Waals surface area contributed by atoms with Gasteiger partial charge in [0.2, 0.25) is 5.91 Å². The van der Waals surface area contributed by atoms with Gasteiger partial charge in [0.1, 0.15) is 0 Å². The molecule has 0 aliphatic carbocycles. The summed E-state index contributed by atoms with van der Waals surface area (Å²) in [5, 5.41) is 18.2. The van der Waals surface area contributed by atoms with Crippen molar-refractivity contribution in [2.24, 2.45) is 0 Å². The molecule has 3 heterocycles. The van der Waals surface area contributed by atoms with Crippen LogP contribution in [0.2, 0.25) is 0 Å². The van der Waals surface area contributed by atoms with Crippen LogP contribution >= 0.6 is 0 Å². The number of aromatic nitrogens is 2. The van der Waals surface area contributed by atoms with Gasteiger partial charge in [-0.25, -0.2) is 0 Å². The molecule has 7 heteroatoms. The van der Waals surface area contributed by atoms with Crippen LogP contribution in [0.15, 0.2) is 18.9 Å². The Labute approximate surface area is 161 Å². The third kappa shape index (κ3) is 4.59. The quantitative estimate of drug-likeness (QED) is 0.759. The maximum atomic E-state index is 11.4. The zero-order chi connectivity index (χ0) is 19.7. The number of carbonyl (C=O) groups excluding carboxylic acids is 1. The van der Waals surface area contributed by atoms with Crippen LogP contribution in [0.1, 0.15) is 44.4 Å². The van der Waals surface area contributed by atoms with E-state index in [1.54, 1.807) is 0 Å². The zero-order valence-electron chi connectivity index (χ0n) is 16.7. The summed E-state index contributed by atoms with van der Waals surface area (Å²) in [6, 6.07) is -0.350. The molecule has 2 fully saturated rings. The van der Waals surface area contributed by atoms with E-state index in [-0.39, 0.29) is 17.6 Å². The van der Waals surface area contributed by atoms with E-state index in [1.165, 1.54) is 12.5 Å². The predicted octanol–water partition coefficient (Wildman–Crippen LogP) is 1.39. The first-order valence-electron chi connectivity index (χ1n) is 9.73. The molecule has 2 aliphatic rings. The van der Waals surface area contributed by atoms with E-state index in [0.29, 0.717) is 13.0 Å². The molecule has 3 rings (SSSR count). The Balaban J connectivity index is 1.57. The lowest BCUT2D eigenvalue weighted by Gasteiger charge is -2.51. The minimum atomic E-state index is -0.950. The van der Waals surface area contributed by atoms with Crippen molar-refractivity contribution in [3.8, 4) is 0 Å². The molecular weight excluding hydrogens is 344 g/mol. The number of likely N-dealkylation sites (tertiary alicyclic amines) is 1. The van der Waals surface area contributed by atoms with Crippen LogP contribution in [0.25, 0.3) is 0 Å². The lowest BCUT2D eigenvalue weighted by atomic mass is 9.75. The molecule has 2 atom stereocenters. The Kier molecular flexibility index (Phi) is 5.74. The number of hydrogen-bond donors (Lipinski definition) is 2. The van der Waals surface area contributed by atoms with Crippen molar-refractivity contribution in [2.75, 3.05) is 19.7 Å². The number of ether oxygens (including phenoxy) is 1. The standard InChI is InChI=1S/C20H32N4O3/c1-5-8-24-12-17(15(2)22-24)11-23-9-6-20(7-10-23)14-19(4,26)18(13-27-20)21-16(3)25/h5,12,18,26H,1,6-11,13-14H2,2-4H3,(H,21,25)/t18-,19-/m0/s1. The Bertz CT molecular complexity index is 689. The lowest BCUT2D eigenvalue weighted by Crippen LogP contribution is -2.63. The second-order valence-corrected chi connectivity index (χ2v) is 8.31. The molecule has 0 unspecified atom stereocenters. The fourth-order valence-electron chi connectivity index (χ4n) is 4.33. The number of rotatable bonds is 5.